The van der Waals surface area contributed by atoms with Crippen LogP contribution in [-0.2, 0) is 5.41 Å². The average Bonchev–Trinajstić information content (AvgIpc) is 2.59. The largest absolute Gasteiger partial charge is 0.440 e. The van der Waals surface area contributed by atoms with Crippen LogP contribution < -0.4 is 5.32 Å². The van der Waals surface area contributed by atoms with E-state index in [2.05, 4.69) is 31.1 Å². The van der Waals surface area contributed by atoms with E-state index in [4.69, 9.17) is 4.42 Å². The Balaban J connectivity index is 2.56. The minimum absolute atomic E-state index is 0.0428. The second-order valence-electron chi connectivity index (χ2n) is 4.70. The number of nitrogens with one attached hydrogen (secondary N) is 1. The van der Waals surface area contributed by atoms with E-state index in [-0.39, 0.29) is 5.41 Å². The molecular formula is C12H16N2O. The monoisotopic (exact) mass is 204 g/mol. The normalized spacial score (nSPS) is 12.0. The van der Waals surface area contributed by atoms with Crippen LogP contribution in [0.1, 0.15) is 26.7 Å². The standard InChI is InChI=1S/C12H16N2O/c1-12(2,3)11-14-9-7-8(13-4)5-6-10(9)15-11/h5-7,13H,1-4H3. The second-order valence-corrected chi connectivity index (χ2v) is 4.70. The maximum absolute atomic E-state index is 5.69. The highest BCUT2D eigenvalue weighted by Crippen LogP contribution is 2.27. The van der Waals surface area contributed by atoms with E-state index in [9.17, 15) is 0 Å². The molecule has 1 aromatic carbocycles. The first-order valence-corrected chi connectivity index (χ1v) is 5.09. The molecule has 80 valence electrons. The third-order valence-corrected chi connectivity index (χ3v) is 2.32. The molecule has 2 aromatic rings. The molecule has 3 heteroatoms. The van der Waals surface area contributed by atoms with E-state index < -0.39 is 0 Å². The van der Waals surface area contributed by atoms with Crippen LogP contribution in [0.15, 0.2) is 22.6 Å². The van der Waals surface area contributed by atoms with Crippen molar-refractivity contribution in [2.24, 2.45) is 0 Å². The fourth-order valence-electron chi connectivity index (χ4n) is 1.40. The van der Waals surface area contributed by atoms with Crippen LogP contribution in [0.5, 0.6) is 0 Å². The molecule has 0 radical (unpaired) electrons. The van der Waals surface area contributed by atoms with Gasteiger partial charge in [0.2, 0.25) is 5.89 Å². The molecule has 0 saturated carbocycles. The summed E-state index contributed by atoms with van der Waals surface area (Å²) >= 11 is 0. The van der Waals surface area contributed by atoms with Crippen LogP contribution in [-0.4, -0.2) is 12.0 Å². The minimum atomic E-state index is -0.0428. The number of anilines is 1. The molecule has 0 unspecified atom stereocenters. The molecule has 0 bridgehead atoms. The molecule has 0 aliphatic heterocycles. The molecular weight excluding hydrogens is 188 g/mol. The lowest BCUT2D eigenvalue weighted by Crippen LogP contribution is -2.10. The van der Waals surface area contributed by atoms with E-state index >= 15 is 0 Å². The molecule has 1 N–H and O–H groups in total. The predicted octanol–water partition coefficient (Wildman–Crippen LogP) is 3.17. The summed E-state index contributed by atoms with van der Waals surface area (Å²) in [7, 11) is 1.89. The average molecular weight is 204 g/mol. The summed E-state index contributed by atoms with van der Waals surface area (Å²) in [5, 5.41) is 3.09. The van der Waals surface area contributed by atoms with Crippen molar-refractivity contribution in [3.05, 3.63) is 24.1 Å². The third-order valence-electron chi connectivity index (χ3n) is 2.32. The molecule has 0 fully saturated rings. The maximum atomic E-state index is 5.69. The van der Waals surface area contributed by atoms with E-state index in [0.29, 0.717) is 0 Å². The fraction of sp³-hybridized carbons (Fsp3) is 0.417. The van der Waals surface area contributed by atoms with E-state index in [1.54, 1.807) is 0 Å². The van der Waals surface area contributed by atoms with Crippen LogP contribution in [0.2, 0.25) is 0 Å². The number of aromatic nitrogens is 1. The van der Waals surface area contributed by atoms with Gasteiger partial charge in [-0.05, 0) is 18.2 Å². The van der Waals surface area contributed by atoms with Gasteiger partial charge < -0.3 is 9.73 Å². The quantitative estimate of drug-likeness (QED) is 0.775. The second kappa shape index (κ2) is 3.26. The molecule has 0 saturated heterocycles. The Labute approximate surface area is 89.5 Å². The van der Waals surface area contributed by atoms with Gasteiger partial charge in [0.25, 0.3) is 0 Å². The first-order chi connectivity index (χ1) is 7.00. The van der Waals surface area contributed by atoms with Crippen molar-refractivity contribution in [3.8, 4) is 0 Å². The zero-order valence-electron chi connectivity index (χ0n) is 9.59. The van der Waals surface area contributed by atoms with Gasteiger partial charge in [-0.3, -0.25) is 0 Å². The number of rotatable bonds is 1. The fourth-order valence-corrected chi connectivity index (χ4v) is 1.40. The number of hydrogen-bond donors (Lipinski definition) is 1. The van der Waals surface area contributed by atoms with Crippen molar-refractivity contribution >= 4 is 16.8 Å². The zero-order valence-corrected chi connectivity index (χ0v) is 9.59. The summed E-state index contributed by atoms with van der Waals surface area (Å²) in [4.78, 5) is 4.49. The number of oxazole rings is 1. The molecule has 0 atom stereocenters. The topological polar surface area (TPSA) is 38.1 Å². The summed E-state index contributed by atoms with van der Waals surface area (Å²) in [5.41, 5.74) is 2.76. The van der Waals surface area contributed by atoms with Crippen molar-refractivity contribution in [1.29, 1.82) is 0 Å². The SMILES string of the molecule is CNc1ccc2oc(C(C)(C)C)nc2c1. The summed E-state index contributed by atoms with van der Waals surface area (Å²) in [6.07, 6.45) is 0. The van der Waals surface area contributed by atoms with Gasteiger partial charge in [0.1, 0.15) is 5.52 Å². The lowest BCUT2D eigenvalue weighted by Gasteiger charge is -2.11. The van der Waals surface area contributed by atoms with E-state index in [1.165, 1.54) is 0 Å². The number of benzene rings is 1. The first kappa shape index (κ1) is 10.0. The first-order valence-electron chi connectivity index (χ1n) is 5.09. The predicted molar refractivity (Wildman–Crippen MR) is 62.3 cm³/mol. The van der Waals surface area contributed by atoms with Crippen LogP contribution >= 0.6 is 0 Å². The zero-order chi connectivity index (χ0) is 11.1. The van der Waals surface area contributed by atoms with Crippen molar-refractivity contribution in [3.63, 3.8) is 0 Å². The Hall–Kier alpha value is -1.51. The van der Waals surface area contributed by atoms with E-state index in [1.807, 2.05) is 25.2 Å². The van der Waals surface area contributed by atoms with Crippen LogP contribution in [0, 0.1) is 0 Å². The van der Waals surface area contributed by atoms with Gasteiger partial charge >= 0.3 is 0 Å². The van der Waals surface area contributed by atoms with Crippen LogP contribution in [0.4, 0.5) is 5.69 Å². The van der Waals surface area contributed by atoms with Gasteiger partial charge in [-0.15, -0.1) is 0 Å². The minimum Gasteiger partial charge on any atom is -0.440 e. The van der Waals surface area contributed by atoms with Crippen molar-refractivity contribution in [2.75, 3.05) is 12.4 Å². The molecule has 0 aliphatic rings. The summed E-state index contributed by atoms with van der Waals surface area (Å²) in [6.45, 7) is 6.28. The highest BCUT2D eigenvalue weighted by atomic mass is 16.3. The van der Waals surface area contributed by atoms with Crippen molar-refractivity contribution in [2.45, 2.75) is 26.2 Å². The number of nitrogens with zero attached hydrogens (tertiary/aromatic N) is 1. The molecule has 0 spiro atoms. The highest BCUT2D eigenvalue weighted by Gasteiger charge is 2.20. The third kappa shape index (κ3) is 1.82. The van der Waals surface area contributed by atoms with Crippen molar-refractivity contribution < 1.29 is 4.42 Å². The van der Waals surface area contributed by atoms with Crippen molar-refractivity contribution in [1.82, 2.24) is 4.98 Å². The summed E-state index contributed by atoms with van der Waals surface area (Å²) in [5.74, 6) is 0.783. The molecule has 2 rings (SSSR count). The van der Waals surface area contributed by atoms with E-state index in [0.717, 1.165) is 22.7 Å². The number of hydrogen-bond acceptors (Lipinski definition) is 3. The molecule has 3 nitrogen and oxygen atoms in total. The van der Waals surface area contributed by atoms with Gasteiger partial charge in [-0.25, -0.2) is 4.98 Å². The summed E-state index contributed by atoms with van der Waals surface area (Å²) in [6, 6.07) is 5.93. The lowest BCUT2D eigenvalue weighted by atomic mass is 9.97. The number of fused-ring (bicyclic) bond motifs is 1. The molecule has 1 aromatic heterocycles. The van der Waals surface area contributed by atoms with Gasteiger partial charge in [-0.2, -0.15) is 0 Å². The Kier molecular flexibility index (Phi) is 2.18. The Morgan fingerprint density at radius 1 is 1.27 bits per heavy atom. The Bertz CT molecular complexity index is 480. The van der Waals surface area contributed by atoms with Gasteiger partial charge in [0.05, 0.1) is 0 Å². The van der Waals surface area contributed by atoms with Crippen LogP contribution in [0.3, 0.4) is 0 Å². The summed E-state index contributed by atoms with van der Waals surface area (Å²) < 4.78 is 5.69. The van der Waals surface area contributed by atoms with Gasteiger partial charge in [0, 0.05) is 18.2 Å². The Morgan fingerprint density at radius 2 is 2.00 bits per heavy atom. The lowest BCUT2D eigenvalue weighted by molar-refractivity contribution is 0.411. The Morgan fingerprint density at radius 3 is 2.60 bits per heavy atom. The smallest absolute Gasteiger partial charge is 0.200 e. The van der Waals surface area contributed by atoms with Gasteiger partial charge in [-0.1, -0.05) is 20.8 Å². The molecule has 0 aliphatic carbocycles. The molecule has 15 heavy (non-hydrogen) atoms. The van der Waals surface area contributed by atoms with Gasteiger partial charge in [0.15, 0.2) is 5.58 Å². The maximum Gasteiger partial charge on any atom is 0.200 e. The molecule has 1 heterocycles. The molecule has 0 amide bonds. The van der Waals surface area contributed by atoms with Crippen LogP contribution in [0.25, 0.3) is 11.1 Å². The highest BCUT2D eigenvalue weighted by molar-refractivity contribution is 5.77.